The summed E-state index contributed by atoms with van der Waals surface area (Å²) in [4.78, 5) is 13.8. The highest BCUT2D eigenvalue weighted by atomic mass is 127. The molecule has 3 nitrogen and oxygen atoms in total. The molecule has 1 aliphatic rings. The van der Waals surface area contributed by atoms with E-state index in [0.29, 0.717) is 6.54 Å². The quantitative estimate of drug-likeness (QED) is 0.633. The summed E-state index contributed by atoms with van der Waals surface area (Å²) in [6.45, 7) is 3.88. The zero-order valence-corrected chi connectivity index (χ0v) is 12.5. The van der Waals surface area contributed by atoms with Crippen LogP contribution in [0.15, 0.2) is 0 Å². The van der Waals surface area contributed by atoms with Crippen LogP contribution in [-0.2, 0) is 4.79 Å². The van der Waals surface area contributed by atoms with Crippen molar-refractivity contribution < 1.29 is 9.90 Å². The van der Waals surface area contributed by atoms with Gasteiger partial charge in [0.25, 0.3) is 0 Å². The van der Waals surface area contributed by atoms with Gasteiger partial charge < -0.3 is 10.0 Å². The average molecular weight is 339 g/mol. The van der Waals surface area contributed by atoms with Crippen LogP contribution in [0.2, 0.25) is 0 Å². The van der Waals surface area contributed by atoms with Crippen molar-refractivity contribution in [3.63, 3.8) is 0 Å². The van der Waals surface area contributed by atoms with Gasteiger partial charge in [-0.15, -0.1) is 0 Å². The predicted octanol–water partition coefficient (Wildman–Crippen LogP) is 2.21. The van der Waals surface area contributed by atoms with Gasteiger partial charge in [-0.3, -0.25) is 4.79 Å². The van der Waals surface area contributed by atoms with Crippen LogP contribution in [0, 0.1) is 5.92 Å². The fourth-order valence-corrected chi connectivity index (χ4v) is 2.99. The number of carbonyl (C=O) groups is 1. The highest BCUT2D eigenvalue weighted by Crippen LogP contribution is 2.30. The lowest BCUT2D eigenvalue weighted by molar-refractivity contribution is -0.137. The summed E-state index contributed by atoms with van der Waals surface area (Å²) in [5.74, 6) is 0.379. The van der Waals surface area contributed by atoms with E-state index in [9.17, 15) is 9.90 Å². The Bertz CT molecular complexity index is 242. The zero-order valence-electron chi connectivity index (χ0n) is 10.4. The number of aliphatic hydroxyl groups is 1. The molecule has 1 aliphatic carbocycles. The maximum atomic E-state index is 12.1. The second-order valence-corrected chi connectivity index (χ2v) is 7.22. The Labute approximate surface area is 112 Å². The van der Waals surface area contributed by atoms with Crippen LogP contribution in [-0.4, -0.2) is 39.0 Å². The number of alkyl halides is 1. The van der Waals surface area contributed by atoms with E-state index in [0.717, 1.165) is 29.6 Å². The van der Waals surface area contributed by atoms with Crippen LogP contribution >= 0.6 is 22.6 Å². The van der Waals surface area contributed by atoms with Crippen LogP contribution in [0.1, 0.15) is 39.5 Å². The molecule has 0 saturated heterocycles. The number of hydrogen-bond acceptors (Lipinski definition) is 2. The monoisotopic (exact) mass is 339 g/mol. The van der Waals surface area contributed by atoms with Gasteiger partial charge in [0.05, 0.1) is 5.60 Å². The lowest BCUT2D eigenvalue weighted by atomic mass is 9.88. The molecule has 1 rings (SSSR count). The van der Waals surface area contributed by atoms with Crippen molar-refractivity contribution in [2.75, 3.05) is 13.6 Å². The summed E-state index contributed by atoms with van der Waals surface area (Å²) in [7, 11) is 1.79. The topological polar surface area (TPSA) is 40.5 Å². The van der Waals surface area contributed by atoms with Crippen LogP contribution < -0.4 is 0 Å². The third kappa shape index (κ3) is 4.57. The van der Waals surface area contributed by atoms with Crippen LogP contribution in [0.5, 0.6) is 0 Å². The SMILES string of the molecule is CN(CC(C)(C)O)C(=O)C1CCC(I)CC1. The van der Waals surface area contributed by atoms with Gasteiger partial charge >= 0.3 is 0 Å². The number of amides is 1. The Morgan fingerprint density at radius 3 is 2.31 bits per heavy atom. The molecular formula is C12H22INO2. The van der Waals surface area contributed by atoms with Crippen molar-refractivity contribution >= 4 is 28.5 Å². The Hall–Kier alpha value is 0.160. The maximum absolute atomic E-state index is 12.1. The molecule has 0 spiro atoms. The molecule has 0 radical (unpaired) electrons. The van der Waals surface area contributed by atoms with Crippen molar-refractivity contribution in [2.24, 2.45) is 5.92 Å². The van der Waals surface area contributed by atoms with Gasteiger partial charge in [0.2, 0.25) is 5.91 Å². The fraction of sp³-hybridized carbons (Fsp3) is 0.917. The molecule has 0 aromatic heterocycles. The number of rotatable bonds is 3. The van der Waals surface area contributed by atoms with E-state index in [4.69, 9.17) is 0 Å². The molecule has 1 amide bonds. The third-order valence-electron chi connectivity index (χ3n) is 3.01. The summed E-state index contributed by atoms with van der Waals surface area (Å²) in [6, 6.07) is 0. The minimum atomic E-state index is -0.801. The molecule has 0 heterocycles. The second kappa shape index (κ2) is 5.67. The highest BCUT2D eigenvalue weighted by molar-refractivity contribution is 14.1. The van der Waals surface area contributed by atoms with Gasteiger partial charge in [0, 0.05) is 23.4 Å². The van der Waals surface area contributed by atoms with Crippen molar-refractivity contribution in [1.82, 2.24) is 4.90 Å². The first-order valence-electron chi connectivity index (χ1n) is 5.91. The van der Waals surface area contributed by atoms with E-state index in [1.807, 2.05) is 0 Å². The van der Waals surface area contributed by atoms with Gasteiger partial charge in [-0.2, -0.15) is 0 Å². The van der Waals surface area contributed by atoms with Gasteiger partial charge in [0.1, 0.15) is 0 Å². The molecule has 4 heteroatoms. The molecule has 1 saturated carbocycles. The molecule has 1 fully saturated rings. The minimum Gasteiger partial charge on any atom is -0.389 e. The maximum Gasteiger partial charge on any atom is 0.225 e. The first-order valence-corrected chi connectivity index (χ1v) is 7.15. The molecular weight excluding hydrogens is 317 g/mol. The first-order chi connectivity index (χ1) is 7.29. The van der Waals surface area contributed by atoms with Gasteiger partial charge in [-0.25, -0.2) is 0 Å². The number of likely N-dealkylation sites (N-methyl/N-ethyl adjacent to an activating group) is 1. The van der Waals surface area contributed by atoms with E-state index in [2.05, 4.69) is 22.6 Å². The van der Waals surface area contributed by atoms with Gasteiger partial charge in [-0.05, 0) is 39.5 Å². The molecule has 94 valence electrons. The van der Waals surface area contributed by atoms with Crippen LogP contribution in [0.3, 0.4) is 0 Å². The van der Waals surface area contributed by atoms with E-state index in [1.54, 1.807) is 25.8 Å². The molecule has 0 aromatic rings. The Kier molecular flexibility index (Phi) is 5.04. The third-order valence-corrected chi connectivity index (χ3v) is 4.25. The van der Waals surface area contributed by atoms with Gasteiger partial charge in [-0.1, -0.05) is 22.6 Å². The van der Waals surface area contributed by atoms with Crippen molar-refractivity contribution in [3.8, 4) is 0 Å². The van der Waals surface area contributed by atoms with E-state index < -0.39 is 5.60 Å². The lowest BCUT2D eigenvalue weighted by Gasteiger charge is -2.31. The normalized spacial score (nSPS) is 26.6. The summed E-state index contributed by atoms with van der Waals surface area (Å²) in [5.41, 5.74) is -0.801. The van der Waals surface area contributed by atoms with Gasteiger partial charge in [0.15, 0.2) is 0 Å². The molecule has 0 aliphatic heterocycles. The Morgan fingerprint density at radius 1 is 1.38 bits per heavy atom. The molecule has 16 heavy (non-hydrogen) atoms. The number of halogens is 1. The van der Waals surface area contributed by atoms with Crippen LogP contribution in [0.4, 0.5) is 0 Å². The van der Waals surface area contributed by atoms with E-state index in [-0.39, 0.29) is 11.8 Å². The van der Waals surface area contributed by atoms with E-state index in [1.165, 1.54) is 0 Å². The Morgan fingerprint density at radius 2 is 1.88 bits per heavy atom. The smallest absolute Gasteiger partial charge is 0.225 e. The number of hydrogen-bond donors (Lipinski definition) is 1. The predicted molar refractivity (Wildman–Crippen MR) is 73.7 cm³/mol. The first kappa shape index (κ1) is 14.2. The highest BCUT2D eigenvalue weighted by Gasteiger charge is 2.29. The number of nitrogens with zero attached hydrogens (tertiary/aromatic N) is 1. The summed E-state index contributed by atoms with van der Waals surface area (Å²) >= 11 is 2.46. The number of carbonyl (C=O) groups excluding carboxylic acids is 1. The largest absolute Gasteiger partial charge is 0.389 e. The second-order valence-electron chi connectivity index (χ2n) is 5.46. The van der Waals surface area contributed by atoms with E-state index >= 15 is 0 Å². The van der Waals surface area contributed by atoms with Crippen molar-refractivity contribution in [3.05, 3.63) is 0 Å². The zero-order chi connectivity index (χ0) is 12.3. The molecule has 1 N–H and O–H groups in total. The average Bonchev–Trinajstić information content (AvgIpc) is 2.15. The lowest BCUT2D eigenvalue weighted by Crippen LogP contribution is -2.43. The Balaban J connectivity index is 2.45. The molecule has 0 bridgehead atoms. The van der Waals surface area contributed by atoms with Crippen molar-refractivity contribution in [2.45, 2.75) is 49.1 Å². The molecule has 0 atom stereocenters. The summed E-state index contributed by atoms with van der Waals surface area (Å²) < 4.78 is 0.737. The fourth-order valence-electron chi connectivity index (χ4n) is 2.27. The van der Waals surface area contributed by atoms with Crippen LogP contribution in [0.25, 0.3) is 0 Å². The standard InChI is InChI=1S/C12H22INO2/c1-12(2,16)8-14(3)11(15)9-4-6-10(13)7-5-9/h9-10,16H,4-8H2,1-3H3. The molecule has 0 unspecified atom stereocenters. The minimum absolute atomic E-state index is 0.179. The van der Waals surface area contributed by atoms with Crippen molar-refractivity contribution in [1.29, 1.82) is 0 Å². The molecule has 0 aromatic carbocycles. The summed E-state index contributed by atoms with van der Waals surface area (Å²) in [6.07, 6.45) is 4.30. The summed E-state index contributed by atoms with van der Waals surface area (Å²) in [5, 5.41) is 9.68.